The molecule has 4 rings (SSSR count). The summed E-state index contributed by atoms with van der Waals surface area (Å²) < 4.78 is 12.3. The number of carbonyl (C=O) groups is 3. The van der Waals surface area contributed by atoms with Gasteiger partial charge in [0.2, 0.25) is 5.76 Å². The third kappa shape index (κ3) is 3.57. The van der Waals surface area contributed by atoms with Crippen LogP contribution in [0.1, 0.15) is 53.9 Å². The van der Waals surface area contributed by atoms with Gasteiger partial charge in [0.15, 0.2) is 0 Å². The van der Waals surface area contributed by atoms with Gasteiger partial charge in [-0.3, -0.25) is 9.69 Å². The number of rotatable bonds is 6. The molecule has 1 unspecified atom stereocenters. The van der Waals surface area contributed by atoms with Crippen molar-refractivity contribution in [2.45, 2.75) is 39.8 Å². The number of benzene rings is 1. The molecule has 0 saturated carbocycles. The highest BCUT2D eigenvalue weighted by Crippen LogP contribution is 2.32. The van der Waals surface area contributed by atoms with E-state index in [1.54, 1.807) is 12.1 Å². The van der Waals surface area contributed by atoms with E-state index in [0.29, 0.717) is 11.8 Å². The maximum absolute atomic E-state index is 13.0. The fourth-order valence-corrected chi connectivity index (χ4v) is 4.04. The zero-order chi connectivity index (χ0) is 23.0. The highest BCUT2D eigenvalue weighted by Gasteiger charge is 2.35. The highest BCUT2D eigenvalue weighted by molar-refractivity contribution is 6.14. The summed E-state index contributed by atoms with van der Waals surface area (Å²) in [5.74, 6) is -0.758. The minimum absolute atomic E-state index is 0.0128. The predicted molar refractivity (Wildman–Crippen MR) is 119 cm³/mol. The lowest BCUT2D eigenvalue weighted by atomic mass is 10.1. The largest absolute Gasteiger partial charge is 0.463 e. The molecule has 1 atom stereocenters. The topological polar surface area (TPSA) is 93.8 Å². The number of fused-ring (bicyclic) bond motifs is 1. The summed E-state index contributed by atoms with van der Waals surface area (Å²) in [6.07, 6.45) is 2.70. The lowest BCUT2D eigenvalue weighted by molar-refractivity contribution is -0.123. The first-order valence-corrected chi connectivity index (χ1v) is 10.5. The fraction of sp³-hybridized carbons (Fsp3) is 0.292. The second-order valence-corrected chi connectivity index (χ2v) is 7.78. The van der Waals surface area contributed by atoms with Crippen molar-refractivity contribution in [3.8, 4) is 0 Å². The van der Waals surface area contributed by atoms with Crippen LogP contribution in [0, 0.1) is 6.92 Å². The number of urea groups is 1. The SMILES string of the molecule is CCC(C)n1c(C)c(C=C2NC(=O)N(Cc3ccc(C(=O)OC)o3)C2=O)c2ccccc21. The molecule has 0 radical (unpaired) electrons. The molecule has 0 aliphatic carbocycles. The van der Waals surface area contributed by atoms with Gasteiger partial charge in [-0.1, -0.05) is 25.1 Å². The third-order valence-electron chi connectivity index (χ3n) is 5.85. The number of hydrogen-bond acceptors (Lipinski definition) is 5. The van der Waals surface area contributed by atoms with Gasteiger partial charge in [0.25, 0.3) is 5.91 Å². The van der Waals surface area contributed by atoms with E-state index in [2.05, 4.69) is 34.5 Å². The lowest BCUT2D eigenvalue weighted by Crippen LogP contribution is -2.30. The number of amides is 3. The molecule has 3 heterocycles. The van der Waals surface area contributed by atoms with Gasteiger partial charge in [0.05, 0.1) is 13.7 Å². The van der Waals surface area contributed by atoms with Crippen molar-refractivity contribution in [1.82, 2.24) is 14.8 Å². The van der Waals surface area contributed by atoms with Crippen molar-refractivity contribution in [2.24, 2.45) is 0 Å². The number of para-hydroxylation sites is 1. The summed E-state index contributed by atoms with van der Waals surface area (Å²) in [7, 11) is 1.25. The van der Waals surface area contributed by atoms with Crippen LogP contribution >= 0.6 is 0 Å². The predicted octanol–water partition coefficient (Wildman–Crippen LogP) is 4.39. The number of nitrogens with one attached hydrogen (secondary N) is 1. The van der Waals surface area contributed by atoms with E-state index in [4.69, 9.17) is 4.42 Å². The van der Waals surface area contributed by atoms with Crippen molar-refractivity contribution in [2.75, 3.05) is 7.11 Å². The molecule has 0 spiro atoms. The van der Waals surface area contributed by atoms with Gasteiger partial charge in [0.1, 0.15) is 11.5 Å². The molecule has 8 heteroatoms. The number of methoxy groups -OCH3 is 1. The Bertz CT molecular complexity index is 1250. The molecule has 1 saturated heterocycles. The van der Waals surface area contributed by atoms with Gasteiger partial charge in [-0.2, -0.15) is 0 Å². The van der Waals surface area contributed by atoms with Crippen LogP contribution in [0.3, 0.4) is 0 Å². The lowest BCUT2D eigenvalue weighted by Gasteiger charge is -2.15. The zero-order valence-corrected chi connectivity index (χ0v) is 18.5. The molecular formula is C24H25N3O5. The Morgan fingerprint density at radius 1 is 1.22 bits per heavy atom. The molecule has 0 bridgehead atoms. The fourth-order valence-electron chi connectivity index (χ4n) is 4.04. The number of carbonyl (C=O) groups excluding carboxylic acids is 3. The number of furan rings is 1. The summed E-state index contributed by atoms with van der Waals surface area (Å²) in [6.45, 7) is 6.23. The quantitative estimate of drug-likeness (QED) is 0.352. The van der Waals surface area contributed by atoms with Crippen LogP contribution in [-0.2, 0) is 16.1 Å². The van der Waals surface area contributed by atoms with Gasteiger partial charge >= 0.3 is 12.0 Å². The average molecular weight is 435 g/mol. The first-order valence-electron chi connectivity index (χ1n) is 10.5. The molecule has 3 amide bonds. The number of ether oxygens (including phenoxy) is 1. The molecule has 1 N–H and O–H groups in total. The minimum atomic E-state index is -0.623. The molecule has 1 fully saturated rings. The average Bonchev–Trinajstić information content (AvgIpc) is 3.45. The summed E-state index contributed by atoms with van der Waals surface area (Å²) in [4.78, 5) is 38.1. The van der Waals surface area contributed by atoms with Crippen molar-refractivity contribution in [3.63, 3.8) is 0 Å². The molecule has 2 aromatic heterocycles. The van der Waals surface area contributed by atoms with E-state index in [-0.39, 0.29) is 18.0 Å². The summed E-state index contributed by atoms with van der Waals surface area (Å²) in [5.41, 5.74) is 3.22. The second kappa shape index (κ2) is 8.37. The molecule has 1 aliphatic heterocycles. The van der Waals surface area contributed by atoms with Crippen molar-refractivity contribution >= 4 is 34.9 Å². The number of imide groups is 1. The van der Waals surface area contributed by atoms with E-state index < -0.39 is 17.9 Å². The van der Waals surface area contributed by atoms with Gasteiger partial charge in [-0.25, -0.2) is 9.59 Å². The Morgan fingerprint density at radius 2 is 1.97 bits per heavy atom. The highest BCUT2D eigenvalue weighted by atomic mass is 16.5. The molecular weight excluding hydrogens is 410 g/mol. The molecule has 32 heavy (non-hydrogen) atoms. The van der Waals surface area contributed by atoms with E-state index in [9.17, 15) is 14.4 Å². The van der Waals surface area contributed by atoms with Crippen LogP contribution in [0.2, 0.25) is 0 Å². The number of aromatic nitrogens is 1. The van der Waals surface area contributed by atoms with Crippen molar-refractivity contribution in [1.29, 1.82) is 0 Å². The van der Waals surface area contributed by atoms with E-state index in [1.165, 1.54) is 13.2 Å². The first kappa shape index (κ1) is 21.4. The monoisotopic (exact) mass is 435 g/mol. The standard InChI is InChI=1S/C24H25N3O5/c1-5-14(2)27-15(3)18(17-8-6-7-9-20(17)27)12-19-22(28)26(24(30)25-19)13-16-10-11-21(32-16)23(29)31-4/h6-12,14H,5,13H2,1-4H3,(H,25,30). The maximum Gasteiger partial charge on any atom is 0.373 e. The third-order valence-corrected chi connectivity index (χ3v) is 5.85. The van der Waals surface area contributed by atoms with Crippen LogP contribution < -0.4 is 5.32 Å². The number of nitrogens with zero attached hydrogens (tertiary/aromatic N) is 2. The molecule has 1 aliphatic rings. The van der Waals surface area contributed by atoms with Crippen LogP contribution in [0.4, 0.5) is 4.79 Å². The van der Waals surface area contributed by atoms with Crippen LogP contribution in [0.25, 0.3) is 17.0 Å². The Kier molecular flexibility index (Phi) is 5.61. The summed E-state index contributed by atoms with van der Waals surface area (Å²) >= 11 is 0. The Labute approximate surface area is 185 Å². The zero-order valence-electron chi connectivity index (χ0n) is 18.5. The van der Waals surface area contributed by atoms with E-state index in [0.717, 1.165) is 33.5 Å². The van der Waals surface area contributed by atoms with E-state index in [1.807, 2.05) is 25.1 Å². The van der Waals surface area contributed by atoms with Crippen LogP contribution in [0.15, 0.2) is 46.5 Å². The van der Waals surface area contributed by atoms with Crippen molar-refractivity contribution in [3.05, 3.63) is 64.9 Å². The van der Waals surface area contributed by atoms with Gasteiger partial charge in [-0.05, 0) is 44.5 Å². The molecule has 8 nitrogen and oxygen atoms in total. The Hall–Kier alpha value is -3.81. The molecule has 166 valence electrons. The molecule has 3 aromatic rings. The van der Waals surface area contributed by atoms with Gasteiger partial charge < -0.3 is 19.0 Å². The number of esters is 1. The summed E-state index contributed by atoms with van der Waals surface area (Å²) in [5, 5.41) is 3.68. The van der Waals surface area contributed by atoms with Crippen molar-refractivity contribution < 1.29 is 23.5 Å². The van der Waals surface area contributed by atoms with E-state index >= 15 is 0 Å². The van der Waals surface area contributed by atoms with Gasteiger partial charge in [-0.15, -0.1) is 0 Å². The smallest absolute Gasteiger partial charge is 0.373 e. The normalized spacial score (nSPS) is 16.1. The maximum atomic E-state index is 13.0. The van der Waals surface area contributed by atoms with Gasteiger partial charge in [0, 0.05) is 28.2 Å². The molecule has 1 aromatic carbocycles. The van der Waals surface area contributed by atoms with Crippen LogP contribution in [-0.4, -0.2) is 34.5 Å². The Balaban J connectivity index is 1.66. The second-order valence-electron chi connectivity index (χ2n) is 7.78. The number of hydrogen-bond donors (Lipinski definition) is 1. The van der Waals surface area contributed by atoms with Crippen LogP contribution in [0.5, 0.6) is 0 Å². The minimum Gasteiger partial charge on any atom is -0.463 e. The Morgan fingerprint density at radius 3 is 2.69 bits per heavy atom. The summed E-state index contributed by atoms with van der Waals surface area (Å²) in [6, 6.07) is 10.8. The first-order chi connectivity index (χ1) is 15.3.